The number of carbonyl (C=O) groups is 2. The first-order valence-electron chi connectivity index (χ1n) is 12.2. The summed E-state index contributed by atoms with van der Waals surface area (Å²) in [7, 11) is -4.15. The minimum Gasteiger partial charge on any atom is -0.364 e. The lowest BCUT2D eigenvalue weighted by Crippen LogP contribution is -2.44. The van der Waals surface area contributed by atoms with Crippen molar-refractivity contribution in [1.29, 1.82) is 5.26 Å². The number of nitrogens with one attached hydrogen (secondary N) is 1. The highest BCUT2D eigenvalue weighted by Gasteiger charge is 2.28. The second kappa shape index (κ2) is 12.3. The van der Waals surface area contributed by atoms with E-state index >= 15 is 0 Å². The molecule has 10 heteroatoms. The van der Waals surface area contributed by atoms with Gasteiger partial charge < -0.3 is 15.1 Å². The van der Waals surface area contributed by atoms with E-state index in [0.717, 1.165) is 17.3 Å². The van der Waals surface area contributed by atoms with Crippen molar-refractivity contribution in [3.63, 3.8) is 0 Å². The molecular formula is C28H28N4O5S. The smallest absolute Gasteiger partial charge is 0.295 e. The third-order valence-electron chi connectivity index (χ3n) is 6.28. The molecule has 0 aliphatic carbocycles. The maximum absolute atomic E-state index is 13.5. The van der Waals surface area contributed by atoms with Crippen molar-refractivity contribution in [2.75, 3.05) is 24.1 Å². The normalized spacial score (nSPS) is 13.8. The summed E-state index contributed by atoms with van der Waals surface area (Å²) < 4.78 is 27.9. The summed E-state index contributed by atoms with van der Waals surface area (Å²) in [6, 6.07) is 24.6. The minimum absolute atomic E-state index is 0.0647. The van der Waals surface area contributed by atoms with Gasteiger partial charge in [0.25, 0.3) is 15.9 Å². The molecule has 2 amide bonds. The number of amides is 2. The Morgan fingerprint density at radius 1 is 0.947 bits per heavy atom. The quantitative estimate of drug-likeness (QED) is 0.419. The zero-order valence-corrected chi connectivity index (χ0v) is 21.5. The standard InChI is InChI=1S/C28H28N4O5S/c29-18-15-22-16-19-31(20-17-22)27(33)21-30-28(34)23-11-13-26(14-12-23)38(35,36)32(24-7-3-1-4-8-24)37-25-9-5-2-6-10-25/h1-14,22H,15-17,19-21H2,(H,30,34). The zero-order valence-electron chi connectivity index (χ0n) is 20.7. The van der Waals surface area contributed by atoms with Crippen LogP contribution in [0, 0.1) is 17.2 Å². The van der Waals surface area contributed by atoms with Gasteiger partial charge in [0.15, 0.2) is 5.75 Å². The summed E-state index contributed by atoms with van der Waals surface area (Å²) >= 11 is 0. The summed E-state index contributed by atoms with van der Waals surface area (Å²) in [6.45, 7) is 0.974. The Hall–Kier alpha value is -4.36. The Morgan fingerprint density at radius 2 is 1.55 bits per heavy atom. The summed E-state index contributed by atoms with van der Waals surface area (Å²) in [6.07, 6.45) is 2.04. The van der Waals surface area contributed by atoms with Crippen molar-refractivity contribution in [2.45, 2.75) is 24.2 Å². The van der Waals surface area contributed by atoms with Crippen molar-refractivity contribution in [2.24, 2.45) is 5.92 Å². The van der Waals surface area contributed by atoms with Crippen LogP contribution < -0.4 is 14.6 Å². The number of likely N-dealkylation sites (tertiary alicyclic amines) is 1. The first kappa shape index (κ1) is 26.7. The number of benzene rings is 3. The Labute approximate surface area is 222 Å². The van der Waals surface area contributed by atoms with Crippen LogP contribution in [0.5, 0.6) is 5.75 Å². The van der Waals surface area contributed by atoms with Crippen molar-refractivity contribution < 1.29 is 22.8 Å². The van der Waals surface area contributed by atoms with E-state index in [1.807, 2.05) is 0 Å². The van der Waals surface area contributed by atoms with E-state index in [1.165, 1.54) is 24.3 Å². The summed E-state index contributed by atoms with van der Waals surface area (Å²) in [4.78, 5) is 32.5. The molecule has 1 heterocycles. The van der Waals surface area contributed by atoms with Gasteiger partial charge in [-0.15, -0.1) is 0 Å². The maximum atomic E-state index is 13.5. The third-order valence-corrected chi connectivity index (χ3v) is 7.87. The Bertz CT molecular complexity index is 1380. The molecule has 0 spiro atoms. The Morgan fingerprint density at radius 3 is 2.16 bits per heavy atom. The van der Waals surface area contributed by atoms with Crippen LogP contribution in [0.3, 0.4) is 0 Å². The number of nitrogens with zero attached hydrogens (tertiary/aromatic N) is 3. The Balaban J connectivity index is 1.42. The molecule has 1 aliphatic heterocycles. The number of rotatable bonds is 9. The minimum atomic E-state index is -4.15. The van der Waals surface area contributed by atoms with Crippen molar-refractivity contribution in [1.82, 2.24) is 10.2 Å². The van der Waals surface area contributed by atoms with Gasteiger partial charge >= 0.3 is 0 Å². The van der Waals surface area contributed by atoms with Gasteiger partial charge in [0.05, 0.1) is 23.2 Å². The predicted molar refractivity (Wildman–Crippen MR) is 141 cm³/mol. The van der Waals surface area contributed by atoms with Crippen molar-refractivity contribution >= 4 is 27.5 Å². The molecule has 1 saturated heterocycles. The predicted octanol–water partition coefficient (Wildman–Crippen LogP) is 3.76. The average molecular weight is 533 g/mol. The fourth-order valence-electron chi connectivity index (χ4n) is 4.13. The van der Waals surface area contributed by atoms with Gasteiger partial charge in [-0.3, -0.25) is 9.59 Å². The number of hydrogen-bond acceptors (Lipinski definition) is 6. The highest BCUT2D eigenvalue weighted by Crippen LogP contribution is 2.26. The van der Waals surface area contributed by atoms with Gasteiger partial charge in [-0.25, -0.2) is 0 Å². The molecule has 1 aliphatic rings. The monoisotopic (exact) mass is 532 g/mol. The molecule has 3 aromatic carbocycles. The molecule has 0 saturated carbocycles. The molecule has 0 bridgehead atoms. The van der Waals surface area contributed by atoms with Crippen LogP contribution in [0.15, 0.2) is 89.8 Å². The van der Waals surface area contributed by atoms with E-state index in [2.05, 4.69) is 11.4 Å². The first-order valence-corrected chi connectivity index (χ1v) is 13.7. The van der Waals surface area contributed by atoms with E-state index in [1.54, 1.807) is 65.6 Å². The number of hydrogen-bond donors (Lipinski definition) is 1. The molecule has 3 aromatic rings. The molecule has 38 heavy (non-hydrogen) atoms. The highest BCUT2D eigenvalue weighted by atomic mass is 32.2. The van der Waals surface area contributed by atoms with Crippen molar-refractivity contribution in [3.05, 3.63) is 90.5 Å². The van der Waals surface area contributed by atoms with Gasteiger partial charge in [-0.05, 0) is 67.3 Å². The lowest BCUT2D eigenvalue weighted by atomic mass is 9.94. The number of para-hydroxylation sites is 2. The molecule has 0 unspecified atom stereocenters. The largest absolute Gasteiger partial charge is 0.364 e. The van der Waals surface area contributed by atoms with E-state index in [0.29, 0.717) is 36.9 Å². The number of sulfonamides is 1. The van der Waals surface area contributed by atoms with Crippen LogP contribution in [-0.4, -0.2) is 44.8 Å². The van der Waals surface area contributed by atoms with Gasteiger partial charge in [-0.2, -0.15) is 13.7 Å². The van der Waals surface area contributed by atoms with E-state index < -0.39 is 15.9 Å². The Kier molecular flexibility index (Phi) is 8.61. The second-order valence-electron chi connectivity index (χ2n) is 8.87. The fraction of sp³-hybridized carbons (Fsp3) is 0.250. The van der Waals surface area contributed by atoms with Crippen LogP contribution >= 0.6 is 0 Å². The topological polar surface area (TPSA) is 120 Å². The SMILES string of the molecule is N#CCC1CCN(C(=O)CNC(=O)c2ccc(S(=O)(=O)N(Oc3ccccc3)c3ccccc3)cc2)CC1. The van der Waals surface area contributed by atoms with E-state index in [-0.39, 0.29) is 22.9 Å². The zero-order chi connectivity index (χ0) is 27.0. The van der Waals surface area contributed by atoms with Crippen molar-refractivity contribution in [3.8, 4) is 11.8 Å². The van der Waals surface area contributed by atoms with E-state index in [9.17, 15) is 18.0 Å². The van der Waals surface area contributed by atoms with Gasteiger partial charge in [0.1, 0.15) is 0 Å². The number of anilines is 1. The molecule has 1 fully saturated rings. The highest BCUT2D eigenvalue weighted by molar-refractivity contribution is 7.92. The van der Waals surface area contributed by atoms with Crippen LogP contribution in [0.4, 0.5) is 5.69 Å². The summed E-state index contributed by atoms with van der Waals surface area (Å²) in [5.74, 6) is -0.0224. The molecule has 0 aromatic heterocycles. The second-order valence-corrected chi connectivity index (χ2v) is 10.6. The lowest BCUT2D eigenvalue weighted by Gasteiger charge is -2.31. The van der Waals surface area contributed by atoms with Gasteiger partial charge in [0.2, 0.25) is 5.91 Å². The molecule has 0 radical (unpaired) electrons. The molecule has 196 valence electrons. The molecule has 0 atom stereocenters. The van der Waals surface area contributed by atoms with Gasteiger partial charge in [0, 0.05) is 25.1 Å². The first-order chi connectivity index (χ1) is 18.4. The molecular weight excluding hydrogens is 504 g/mol. The average Bonchev–Trinajstić information content (AvgIpc) is 2.96. The molecule has 4 rings (SSSR count). The number of nitriles is 1. The fourth-order valence-corrected chi connectivity index (χ4v) is 5.38. The lowest BCUT2D eigenvalue weighted by molar-refractivity contribution is -0.131. The van der Waals surface area contributed by atoms with Crippen LogP contribution in [0.2, 0.25) is 0 Å². The van der Waals surface area contributed by atoms with Crippen LogP contribution in [0.25, 0.3) is 0 Å². The van der Waals surface area contributed by atoms with Crippen LogP contribution in [0.1, 0.15) is 29.6 Å². The maximum Gasteiger partial charge on any atom is 0.295 e. The van der Waals surface area contributed by atoms with E-state index in [4.69, 9.17) is 10.1 Å². The summed E-state index contributed by atoms with van der Waals surface area (Å²) in [5, 5.41) is 11.4. The number of carbonyl (C=O) groups excluding carboxylic acids is 2. The van der Waals surface area contributed by atoms with Crippen LogP contribution in [-0.2, 0) is 14.8 Å². The molecule has 1 N–H and O–H groups in total. The molecule has 9 nitrogen and oxygen atoms in total. The number of piperidine rings is 1. The van der Waals surface area contributed by atoms with Gasteiger partial charge in [-0.1, -0.05) is 40.9 Å². The third kappa shape index (κ3) is 6.49. The summed E-state index contributed by atoms with van der Waals surface area (Å²) in [5.41, 5.74) is 0.535.